The number of benzene rings is 1. The summed E-state index contributed by atoms with van der Waals surface area (Å²) < 4.78 is 37.1. The lowest BCUT2D eigenvalue weighted by atomic mass is 9.44. The van der Waals surface area contributed by atoms with Crippen LogP contribution in [0, 0.1) is 40.4 Å². The van der Waals surface area contributed by atoms with Gasteiger partial charge in [-0.2, -0.15) is 8.42 Å². The normalized spacial score (nSPS) is 38.3. The van der Waals surface area contributed by atoms with E-state index in [1.54, 1.807) is 0 Å². The van der Waals surface area contributed by atoms with E-state index in [-0.39, 0.29) is 41.5 Å². The van der Waals surface area contributed by atoms with Crippen molar-refractivity contribution in [3.63, 3.8) is 0 Å². The predicted octanol–water partition coefficient (Wildman–Crippen LogP) is 5.02. The Morgan fingerprint density at radius 1 is 1.00 bits per heavy atom. The molecule has 228 valence electrons. The maximum Gasteiger partial charge on any atom is 0.338 e. The van der Waals surface area contributed by atoms with Crippen molar-refractivity contribution in [3.8, 4) is 0 Å². The van der Waals surface area contributed by atoms with Crippen molar-refractivity contribution in [2.45, 2.75) is 96.7 Å². The van der Waals surface area contributed by atoms with E-state index in [0.717, 1.165) is 64.2 Å². The summed E-state index contributed by atoms with van der Waals surface area (Å²) in [5.74, 6) is 1.14. The van der Waals surface area contributed by atoms with E-state index in [9.17, 15) is 23.1 Å². The molecule has 9 atom stereocenters. The molecule has 1 unspecified atom stereocenters. The number of hydrogen-bond donors (Lipinski definition) is 3. The summed E-state index contributed by atoms with van der Waals surface area (Å²) in [6.45, 7) is 4.78. The van der Waals surface area contributed by atoms with Gasteiger partial charge in [0.05, 0.1) is 17.4 Å². The van der Waals surface area contributed by atoms with E-state index in [1.807, 2.05) is 30.3 Å². The molecule has 8 nitrogen and oxygen atoms in total. The maximum absolute atomic E-state index is 13.3. The van der Waals surface area contributed by atoms with Crippen molar-refractivity contribution in [1.29, 1.82) is 0 Å². The molecule has 3 N–H and O–H groups in total. The number of rotatable bonds is 9. The molecule has 0 spiro atoms. The van der Waals surface area contributed by atoms with E-state index in [2.05, 4.69) is 19.2 Å². The SMILES string of the molecule is C[C@]12CC[C@H]3[C@@H]([C@@H](OC(=O)c4ccccc4)CC4C[C@H](O)CC[C@@]43C)[C@@H]1CC[C@@H]2CCCC(=O)NCCS(=O)(=O)O. The Kier molecular flexibility index (Phi) is 8.89. The molecule has 5 rings (SSSR count). The number of fused-ring (bicyclic) bond motifs is 5. The third-order valence-electron chi connectivity index (χ3n) is 11.7. The Morgan fingerprint density at radius 2 is 1.71 bits per heavy atom. The molecule has 1 aromatic carbocycles. The Bertz CT molecular complexity index is 1210. The van der Waals surface area contributed by atoms with Gasteiger partial charge in [0.2, 0.25) is 5.91 Å². The van der Waals surface area contributed by atoms with Crippen molar-refractivity contribution < 1.29 is 32.4 Å². The second kappa shape index (κ2) is 12.0. The van der Waals surface area contributed by atoms with E-state index in [0.29, 0.717) is 41.6 Å². The first kappa shape index (κ1) is 30.5. The van der Waals surface area contributed by atoms with Gasteiger partial charge >= 0.3 is 5.97 Å². The molecule has 0 aliphatic heterocycles. The highest BCUT2D eigenvalue weighted by Crippen LogP contribution is 2.68. The number of carbonyl (C=O) groups is 2. The minimum absolute atomic E-state index is 0.0795. The summed E-state index contributed by atoms with van der Waals surface area (Å²) in [7, 11) is -4.09. The summed E-state index contributed by atoms with van der Waals surface area (Å²) in [5.41, 5.74) is 0.857. The fourth-order valence-corrected chi connectivity index (χ4v) is 9.94. The number of amides is 1. The van der Waals surface area contributed by atoms with E-state index < -0.39 is 15.9 Å². The largest absolute Gasteiger partial charge is 0.458 e. The quantitative estimate of drug-likeness (QED) is 0.273. The van der Waals surface area contributed by atoms with Crippen molar-refractivity contribution in [1.82, 2.24) is 5.32 Å². The zero-order valence-corrected chi connectivity index (χ0v) is 25.3. The molecule has 0 radical (unpaired) electrons. The van der Waals surface area contributed by atoms with Gasteiger partial charge in [0.15, 0.2) is 0 Å². The van der Waals surface area contributed by atoms with Crippen LogP contribution in [0.2, 0.25) is 0 Å². The molecule has 9 heteroatoms. The molecule has 0 bridgehead atoms. The standard InChI is InChI=1S/C32H47NO7S/c1-31-16-14-26-29(25(31)12-11-22(31)9-6-10-28(35)33-17-18-41(37,38)39)27(40-30(36)21-7-4-3-5-8-21)20-23-19-24(34)13-15-32(23,26)2/h3-5,7-8,22-27,29,34H,6,9-20H2,1-2H3,(H,33,35)(H,37,38,39)/t22-,23?,24+,25-,26-,27-,29-,31+,32-/m0/s1. The Morgan fingerprint density at radius 3 is 2.44 bits per heavy atom. The van der Waals surface area contributed by atoms with Crippen LogP contribution < -0.4 is 5.32 Å². The molecule has 4 saturated carbocycles. The van der Waals surface area contributed by atoms with Gasteiger partial charge in [0.25, 0.3) is 10.1 Å². The van der Waals surface area contributed by atoms with Crippen LogP contribution in [-0.4, -0.2) is 54.5 Å². The number of nitrogens with one attached hydrogen (secondary N) is 1. The van der Waals surface area contributed by atoms with Crippen LogP contribution in [0.1, 0.15) is 94.8 Å². The summed E-state index contributed by atoms with van der Waals surface area (Å²) in [5, 5.41) is 13.2. The summed E-state index contributed by atoms with van der Waals surface area (Å²) in [6, 6.07) is 9.25. The summed E-state index contributed by atoms with van der Waals surface area (Å²) >= 11 is 0. The number of aliphatic hydroxyl groups excluding tert-OH is 1. The van der Waals surface area contributed by atoms with Crippen LogP contribution in [0.3, 0.4) is 0 Å². The molecule has 4 fully saturated rings. The first-order valence-corrected chi connectivity index (χ1v) is 17.2. The highest BCUT2D eigenvalue weighted by molar-refractivity contribution is 7.85. The van der Waals surface area contributed by atoms with Crippen molar-refractivity contribution in [2.75, 3.05) is 12.3 Å². The fourth-order valence-electron chi connectivity index (χ4n) is 9.58. The number of ether oxygens (including phenoxy) is 1. The van der Waals surface area contributed by atoms with Crippen molar-refractivity contribution in [2.24, 2.45) is 40.4 Å². The van der Waals surface area contributed by atoms with Crippen molar-refractivity contribution in [3.05, 3.63) is 35.9 Å². The van der Waals surface area contributed by atoms with Gasteiger partial charge in [-0.25, -0.2) is 4.79 Å². The van der Waals surface area contributed by atoms with E-state index >= 15 is 0 Å². The predicted molar refractivity (Wildman–Crippen MR) is 156 cm³/mol. The minimum atomic E-state index is -4.09. The number of carbonyl (C=O) groups excluding carboxylic acids is 2. The van der Waals surface area contributed by atoms with Crippen LogP contribution >= 0.6 is 0 Å². The number of hydrogen-bond acceptors (Lipinski definition) is 6. The van der Waals surface area contributed by atoms with E-state index in [1.165, 1.54) is 0 Å². The van der Waals surface area contributed by atoms with E-state index in [4.69, 9.17) is 9.29 Å². The molecule has 4 aliphatic carbocycles. The average molecular weight is 590 g/mol. The molecule has 0 aromatic heterocycles. The first-order valence-electron chi connectivity index (χ1n) is 15.6. The zero-order valence-electron chi connectivity index (χ0n) is 24.5. The lowest BCUT2D eigenvalue weighted by Crippen LogP contribution is -2.59. The Labute approximate surface area is 244 Å². The molecule has 1 aromatic rings. The molecular weight excluding hydrogens is 542 g/mol. The van der Waals surface area contributed by atoms with Gasteiger partial charge in [-0.05, 0) is 111 Å². The zero-order chi connectivity index (χ0) is 29.4. The van der Waals surface area contributed by atoms with Gasteiger partial charge in [0.1, 0.15) is 6.10 Å². The van der Waals surface area contributed by atoms with Crippen molar-refractivity contribution >= 4 is 22.0 Å². The monoisotopic (exact) mass is 589 g/mol. The topological polar surface area (TPSA) is 130 Å². The minimum Gasteiger partial charge on any atom is -0.458 e. The van der Waals surface area contributed by atoms with Gasteiger partial charge < -0.3 is 15.2 Å². The maximum atomic E-state index is 13.3. The Hall–Kier alpha value is -1.97. The molecule has 1 amide bonds. The number of aliphatic hydroxyl groups is 1. The molecular formula is C32H47NO7S. The average Bonchev–Trinajstić information content (AvgIpc) is 3.25. The lowest BCUT2D eigenvalue weighted by molar-refractivity contribution is -0.174. The van der Waals surface area contributed by atoms with Crippen LogP contribution in [0.5, 0.6) is 0 Å². The van der Waals surface area contributed by atoms with Crippen LogP contribution in [0.25, 0.3) is 0 Å². The molecule has 0 heterocycles. The van der Waals surface area contributed by atoms with Gasteiger partial charge in [0, 0.05) is 18.9 Å². The summed E-state index contributed by atoms with van der Waals surface area (Å²) in [6.07, 6.45) is 9.51. The van der Waals surface area contributed by atoms with Crippen LogP contribution in [0.15, 0.2) is 30.3 Å². The van der Waals surface area contributed by atoms with Gasteiger partial charge in [-0.1, -0.05) is 32.0 Å². The second-order valence-electron chi connectivity index (χ2n) is 13.8. The molecule has 4 aliphatic rings. The van der Waals surface area contributed by atoms with Gasteiger partial charge in [-0.3, -0.25) is 9.35 Å². The van der Waals surface area contributed by atoms with Gasteiger partial charge in [-0.15, -0.1) is 0 Å². The Balaban J connectivity index is 1.29. The third-order valence-corrected chi connectivity index (χ3v) is 12.5. The smallest absolute Gasteiger partial charge is 0.338 e. The highest BCUT2D eigenvalue weighted by atomic mass is 32.2. The summed E-state index contributed by atoms with van der Waals surface area (Å²) in [4.78, 5) is 25.6. The third kappa shape index (κ3) is 6.37. The molecule has 41 heavy (non-hydrogen) atoms. The first-order chi connectivity index (χ1) is 19.4. The molecule has 0 saturated heterocycles. The van der Waals surface area contributed by atoms with Crippen LogP contribution in [0.4, 0.5) is 0 Å². The fraction of sp³-hybridized carbons (Fsp3) is 0.750. The highest BCUT2D eigenvalue weighted by Gasteiger charge is 2.63. The van der Waals surface area contributed by atoms with Crippen LogP contribution in [-0.2, 0) is 19.6 Å². The number of esters is 1. The second-order valence-corrected chi connectivity index (χ2v) is 15.4. The lowest BCUT2D eigenvalue weighted by Gasteiger charge is -2.62.